The van der Waals surface area contributed by atoms with Gasteiger partial charge in [-0.2, -0.15) is 0 Å². The third-order valence-corrected chi connectivity index (χ3v) is 1.70. The average Bonchev–Trinajstić information content (AvgIpc) is 2.75. The highest BCUT2D eigenvalue weighted by Crippen LogP contribution is 2.18. The molecule has 0 amide bonds. The molecule has 2 N–H and O–H groups in total. The molecule has 0 unspecified atom stereocenters. The highest BCUT2D eigenvalue weighted by molar-refractivity contribution is 5.86. The predicted octanol–water partition coefficient (Wildman–Crippen LogP) is 1.97. The van der Waals surface area contributed by atoms with Crippen LogP contribution in [-0.2, 0) is 0 Å². The van der Waals surface area contributed by atoms with Crippen molar-refractivity contribution in [2.75, 3.05) is 0 Å². The van der Waals surface area contributed by atoms with Gasteiger partial charge in [-0.1, -0.05) is 0 Å². The highest BCUT2D eigenvalue weighted by atomic mass is 16.4. The van der Waals surface area contributed by atoms with Gasteiger partial charge in [-0.25, -0.2) is 4.79 Å². The van der Waals surface area contributed by atoms with Gasteiger partial charge in [0.25, 0.3) is 0 Å². The number of furan rings is 1. The molecule has 0 fully saturated rings. The molecule has 0 aliphatic carbocycles. The van der Waals surface area contributed by atoms with Gasteiger partial charge >= 0.3 is 5.97 Å². The zero-order chi connectivity index (χ0) is 9.26. The molecule has 2 aromatic heterocycles. The molecule has 0 bridgehead atoms. The summed E-state index contributed by atoms with van der Waals surface area (Å²) in [5.74, 6) is -0.342. The average molecular weight is 177 g/mol. The van der Waals surface area contributed by atoms with Crippen LogP contribution < -0.4 is 0 Å². The summed E-state index contributed by atoms with van der Waals surface area (Å²) in [5.41, 5.74) is 0.828. The van der Waals surface area contributed by atoms with Crippen molar-refractivity contribution in [2.24, 2.45) is 0 Å². The molecule has 4 heteroatoms. The Labute approximate surface area is 73.8 Å². The number of nitrogens with one attached hydrogen (secondary N) is 1. The smallest absolute Gasteiger partial charge is 0.352 e. The lowest BCUT2D eigenvalue weighted by Crippen LogP contribution is -1.95. The Kier molecular flexibility index (Phi) is 1.66. The van der Waals surface area contributed by atoms with Gasteiger partial charge in [0, 0.05) is 0 Å². The minimum atomic E-state index is -0.974. The Morgan fingerprint density at radius 3 is 2.77 bits per heavy atom. The van der Waals surface area contributed by atoms with E-state index in [9.17, 15) is 4.79 Å². The predicted molar refractivity (Wildman–Crippen MR) is 45.5 cm³/mol. The van der Waals surface area contributed by atoms with E-state index in [0.717, 1.165) is 0 Å². The lowest BCUT2D eigenvalue weighted by Gasteiger charge is -1.89. The maximum Gasteiger partial charge on any atom is 0.352 e. The summed E-state index contributed by atoms with van der Waals surface area (Å²) in [5, 5.41) is 8.63. The molecule has 0 saturated carbocycles. The summed E-state index contributed by atoms with van der Waals surface area (Å²) in [7, 11) is 0. The third kappa shape index (κ3) is 1.33. The maximum absolute atomic E-state index is 10.5. The molecular formula is C9H7NO3. The van der Waals surface area contributed by atoms with Crippen LogP contribution in [0.5, 0.6) is 0 Å². The number of carboxylic acids is 1. The second-order valence-corrected chi connectivity index (χ2v) is 2.57. The fraction of sp³-hybridized carbons (Fsp3) is 0. The van der Waals surface area contributed by atoms with Crippen molar-refractivity contribution in [1.82, 2.24) is 4.98 Å². The van der Waals surface area contributed by atoms with Gasteiger partial charge in [-0.15, -0.1) is 0 Å². The SMILES string of the molecule is O=C(O)c1ccc(-c2ccco2)[nH]1. The number of carbonyl (C=O) groups is 1. The molecule has 0 saturated heterocycles. The minimum Gasteiger partial charge on any atom is -0.477 e. The van der Waals surface area contributed by atoms with E-state index >= 15 is 0 Å². The first-order valence-electron chi connectivity index (χ1n) is 3.73. The van der Waals surface area contributed by atoms with E-state index in [1.165, 1.54) is 12.3 Å². The highest BCUT2D eigenvalue weighted by Gasteiger charge is 2.07. The van der Waals surface area contributed by atoms with E-state index in [0.29, 0.717) is 11.5 Å². The van der Waals surface area contributed by atoms with Gasteiger partial charge < -0.3 is 14.5 Å². The van der Waals surface area contributed by atoms with Crippen LogP contribution in [0.4, 0.5) is 0 Å². The number of rotatable bonds is 2. The number of hydrogen-bond acceptors (Lipinski definition) is 2. The molecule has 0 radical (unpaired) electrons. The molecule has 0 spiro atoms. The van der Waals surface area contributed by atoms with E-state index in [1.54, 1.807) is 18.2 Å². The first-order chi connectivity index (χ1) is 6.27. The molecule has 2 rings (SSSR count). The molecule has 2 aromatic rings. The Morgan fingerprint density at radius 1 is 1.38 bits per heavy atom. The molecular weight excluding hydrogens is 170 g/mol. The quantitative estimate of drug-likeness (QED) is 0.736. The Morgan fingerprint density at radius 2 is 2.23 bits per heavy atom. The lowest BCUT2D eigenvalue weighted by molar-refractivity contribution is 0.0691. The largest absolute Gasteiger partial charge is 0.477 e. The standard InChI is InChI=1S/C9H7NO3/c11-9(12)7-4-3-6(10-7)8-2-1-5-13-8/h1-5,10H,(H,11,12). The molecule has 0 aliphatic heterocycles. The van der Waals surface area contributed by atoms with Crippen molar-refractivity contribution in [3.8, 4) is 11.5 Å². The Bertz CT molecular complexity index is 414. The van der Waals surface area contributed by atoms with Gasteiger partial charge in [-0.3, -0.25) is 0 Å². The van der Waals surface area contributed by atoms with Crippen LogP contribution in [0.3, 0.4) is 0 Å². The molecule has 66 valence electrons. The second kappa shape index (κ2) is 2.82. The topological polar surface area (TPSA) is 66.2 Å². The van der Waals surface area contributed by atoms with Crippen LogP contribution in [-0.4, -0.2) is 16.1 Å². The summed E-state index contributed by atoms with van der Waals surface area (Å²) >= 11 is 0. The number of H-pyrrole nitrogens is 1. The number of aromatic nitrogens is 1. The summed E-state index contributed by atoms with van der Waals surface area (Å²) in [4.78, 5) is 13.2. The number of aromatic amines is 1. The van der Waals surface area contributed by atoms with Crippen molar-refractivity contribution in [1.29, 1.82) is 0 Å². The lowest BCUT2D eigenvalue weighted by atomic mass is 10.3. The van der Waals surface area contributed by atoms with Crippen molar-refractivity contribution < 1.29 is 14.3 Å². The van der Waals surface area contributed by atoms with Crippen LogP contribution in [0, 0.1) is 0 Å². The van der Waals surface area contributed by atoms with Crippen molar-refractivity contribution in [2.45, 2.75) is 0 Å². The second-order valence-electron chi connectivity index (χ2n) is 2.57. The molecule has 4 nitrogen and oxygen atoms in total. The molecule has 2 heterocycles. The van der Waals surface area contributed by atoms with Crippen LogP contribution >= 0.6 is 0 Å². The molecule has 0 aliphatic rings. The van der Waals surface area contributed by atoms with Crippen LogP contribution in [0.15, 0.2) is 34.9 Å². The number of aromatic carboxylic acids is 1. The van der Waals surface area contributed by atoms with Gasteiger partial charge in [0.05, 0.1) is 12.0 Å². The normalized spacial score (nSPS) is 10.2. The fourth-order valence-electron chi connectivity index (χ4n) is 1.10. The molecule has 13 heavy (non-hydrogen) atoms. The summed E-state index contributed by atoms with van der Waals surface area (Å²) in [6.45, 7) is 0. The third-order valence-electron chi connectivity index (χ3n) is 1.70. The van der Waals surface area contributed by atoms with E-state index in [-0.39, 0.29) is 5.69 Å². The maximum atomic E-state index is 10.5. The van der Waals surface area contributed by atoms with Crippen molar-refractivity contribution in [3.05, 3.63) is 36.2 Å². The van der Waals surface area contributed by atoms with Gasteiger partial charge in [0.2, 0.25) is 0 Å². The van der Waals surface area contributed by atoms with E-state index < -0.39 is 5.97 Å². The monoisotopic (exact) mass is 177 g/mol. The van der Waals surface area contributed by atoms with E-state index in [4.69, 9.17) is 9.52 Å². The van der Waals surface area contributed by atoms with Gasteiger partial charge in [0.1, 0.15) is 11.5 Å². The minimum absolute atomic E-state index is 0.159. The number of hydrogen-bond donors (Lipinski definition) is 2. The van der Waals surface area contributed by atoms with Crippen molar-refractivity contribution >= 4 is 5.97 Å². The van der Waals surface area contributed by atoms with E-state index in [2.05, 4.69) is 4.98 Å². The zero-order valence-electron chi connectivity index (χ0n) is 6.65. The Balaban J connectivity index is 2.39. The van der Waals surface area contributed by atoms with E-state index in [1.807, 2.05) is 0 Å². The fourth-order valence-corrected chi connectivity index (χ4v) is 1.10. The first-order valence-corrected chi connectivity index (χ1v) is 3.73. The zero-order valence-corrected chi connectivity index (χ0v) is 6.65. The van der Waals surface area contributed by atoms with Crippen LogP contribution in [0.1, 0.15) is 10.5 Å². The van der Waals surface area contributed by atoms with Crippen molar-refractivity contribution in [3.63, 3.8) is 0 Å². The first kappa shape index (κ1) is 7.67. The van der Waals surface area contributed by atoms with Crippen LogP contribution in [0.2, 0.25) is 0 Å². The number of carboxylic acid groups (broad SMARTS) is 1. The summed E-state index contributed by atoms with van der Waals surface area (Å²) < 4.78 is 5.09. The van der Waals surface area contributed by atoms with Crippen LogP contribution in [0.25, 0.3) is 11.5 Å². The van der Waals surface area contributed by atoms with Gasteiger partial charge in [-0.05, 0) is 24.3 Å². The summed E-state index contributed by atoms with van der Waals surface area (Å²) in [6.07, 6.45) is 1.54. The summed E-state index contributed by atoms with van der Waals surface area (Å²) in [6, 6.07) is 6.68. The van der Waals surface area contributed by atoms with Gasteiger partial charge in [0.15, 0.2) is 0 Å². The molecule has 0 aromatic carbocycles. The molecule has 0 atom stereocenters. The Hall–Kier alpha value is -1.97.